The number of amides is 1. The highest BCUT2D eigenvalue weighted by atomic mass is 32.2. The van der Waals surface area contributed by atoms with E-state index in [9.17, 15) is 13.2 Å². The molecule has 4 nitrogen and oxygen atoms in total. The highest BCUT2D eigenvalue weighted by Crippen LogP contribution is 2.24. The normalized spacial score (nSPS) is 24.1. The third-order valence-corrected chi connectivity index (χ3v) is 6.29. The second-order valence-corrected chi connectivity index (χ2v) is 8.46. The van der Waals surface area contributed by atoms with Gasteiger partial charge in [-0.15, -0.1) is 11.3 Å². The van der Waals surface area contributed by atoms with Gasteiger partial charge in [-0.05, 0) is 43.2 Å². The van der Waals surface area contributed by atoms with Crippen molar-refractivity contribution in [3.8, 4) is 0 Å². The molecule has 0 radical (unpaired) electrons. The summed E-state index contributed by atoms with van der Waals surface area (Å²) in [4.78, 5) is 12.8. The van der Waals surface area contributed by atoms with Crippen molar-refractivity contribution in [1.82, 2.24) is 5.32 Å². The van der Waals surface area contributed by atoms with E-state index in [1.165, 1.54) is 17.6 Å². The number of sulfone groups is 1. The second kappa shape index (κ2) is 5.63. The van der Waals surface area contributed by atoms with Crippen LogP contribution in [0, 0.1) is 6.92 Å². The van der Waals surface area contributed by atoms with Gasteiger partial charge in [0.25, 0.3) is 5.91 Å². The molecule has 0 unspecified atom stereocenters. The van der Waals surface area contributed by atoms with Gasteiger partial charge in [-0.25, -0.2) is 8.42 Å². The summed E-state index contributed by atoms with van der Waals surface area (Å²) < 4.78 is 23.2. The number of hydrogen-bond donors (Lipinski definition) is 1. The van der Waals surface area contributed by atoms with Crippen molar-refractivity contribution in [2.75, 3.05) is 6.26 Å². The minimum atomic E-state index is -3.01. The summed E-state index contributed by atoms with van der Waals surface area (Å²) in [7, 11) is -3.01. The number of rotatable bonds is 3. The lowest BCUT2D eigenvalue weighted by atomic mass is 9.95. The fourth-order valence-electron chi connectivity index (χ4n) is 2.52. The highest BCUT2D eigenvalue weighted by molar-refractivity contribution is 7.91. The summed E-state index contributed by atoms with van der Waals surface area (Å²) in [6.45, 7) is 1.91. The molecule has 1 aromatic rings. The highest BCUT2D eigenvalue weighted by Gasteiger charge is 2.30. The molecular formula is C13H19NO3S2. The first-order valence-corrected chi connectivity index (χ1v) is 9.25. The van der Waals surface area contributed by atoms with Gasteiger partial charge < -0.3 is 5.32 Å². The van der Waals surface area contributed by atoms with Crippen molar-refractivity contribution in [2.45, 2.75) is 43.9 Å². The number of carbonyl (C=O) groups excluding carboxylic acids is 1. The Kier molecular flexibility index (Phi) is 4.30. The van der Waals surface area contributed by atoms with Crippen LogP contribution in [0.25, 0.3) is 0 Å². The molecule has 6 heteroatoms. The molecule has 1 amide bonds. The first kappa shape index (κ1) is 14.5. The van der Waals surface area contributed by atoms with Gasteiger partial charge in [-0.3, -0.25) is 4.79 Å². The number of nitrogens with one attached hydrogen (secondary N) is 1. The standard InChI is InChI=1S/C13H19NO3S2/c1-9-6-7-18-12(9)13(15)14-10-4-3-5-11(8-10)19(2,16)17/h6-7,10-11H,3-5,8H2,1-2H3,(H,14,15)/t10-,11+/m0/s1. The lowest BCUT2D eigenvalue weighted by Crippen LogP contribution is -2.41. The van der Waals surface area contributed by atoms with Crippen LogP contribution in [-0.4, -0.2) is 31.9 Å². The average molecular weight is 301 g/mol. The van der Waals surface area contributed by atoms with E-state index in [1.54, 1.807) is 0 Å². The molecule has 19 heavy (non-hydrogen) atoms. The summed E-state index contributed by atoms with van der Waals surface area (Å²) in [6.07, 6.45) is 4.25. The van der Waals surface area contributed by atoms with Crippen LogP contribution in [-0.2, 0) is 9.84 Å². The van der Waals surface area contributed by atoms with Crippen LogP contribution < -0.4 is 5.32 Å². The molecule has 0 saturated heterocycles. The Morgan fingerprint density at radius 2 is 2.16 bits per heavy atom. The fourth-order valence-corrected chi connectivity index (χ4v) is 4.53. The maximum absolute atomic E-state index is 12.1. The quantitative estimate of drug-likeness (QED) is 0.930. The summed E-state index contributed by atoms with van der Waals surface area (Å²) in [5.41, 5.74) is 0.970. The third-order valence-electron chi connectivity index (χ3n) is 3.64. The third kappa shape index (κ3) is 3.57. The Balaban J connectivity index is 2.00. The minimum Gasteiger partial charge on any atom is -0.349 e. The molecule has 1 aromatic heterocycles. The molecule has 1 fully saturated rings. The van der Waals surface area contributed by atoms with Crippen LogP contribution in [0.2, 0.25) is 0 Å². The first-order chi connectivity index (χ1) is 8.88. The van der Waals surface area contributed by atoms with E-state index >= 15 is 0 Å². The van der Waals surface area contributed by atoms with Gasteiger partial charge in [0.05, 0.1) is 10.1 Å². The molecule has 2 rings (SSSR count). The van der Waals surface area contributed by atoms with Gasteiger partial charge in [0.2, 0.25) is 0 Å². The molecule has 0 bridgehead atoms. The molecule has 2 atom stereocenters. The molecule has 1 heterocycles. The SMILES string of the molecule is Cc1ccsc1C(=O)N[C@H]1CCC[C@@H](S(C)(=O)=O)C1. The molecule has 106 valence electrons. The van der Waals surface area contributed by atoms with Gasteiger partial charge >= 0.3 is 0 Å². The largest absolute Gasteiger partial charge is 0.349 e. The predicted octanol–water partition coefficient (Wildman–Crippen LogP) is 2.14. The molecule has 1 aliphatic carbocycles. The Bertz CT molecular complexity index is 562. The second-order valence-electron chi connectivity index (χ2n) is 5.22. The lowest BCUT2D eigenvalue weighted by molar-refractivity contribution is 0.0931. The van der Waals surface area contributed by atoms with Crippen LogP contribution in [0.4, 0.5) is 0 Å². The van der Waals surface area contributed by atoms with E-state index in [1.807, 2.05) is 18.4 Å². The van der Waals surface area contributed by atoms with Gasteiger partial charge in [0.1, 0.15) is 9.84 Å². The summed E-state index contributed by atoms with van der Waals surface area (Å²) in [5, 5.41) is 4.56. The number of hydrogen-bond acceptors (Lipinski definition) is 4. The molecular weight excluding hydrogens is 282 g/mol. The van der Waals surface area contributed by atoms with E-state index in [0.717, 1.165) is 23.3 Å². The van der Waals surface area contributed by atoms with Crippen LogP contribution in [0.1, 0.15) is 40.9 Å². The predicted molar refractivity (Wildman–Crippen MR) is 77.4 cm³/mol. The maximum Gasteiger partial charge on any atom is 0.261 e. The van der Waals surface area contributed by atoms with E-state index in [4.69, 9.17) is 0 Å². The van der Waals surface area contributed by atoms with Gasteiger partial charge in [0, 0.05) is 12.3 Å². The lowest BCUT2D eigenvalue weighted by Gasteiger charge is -2.28. The average Bonchev–Trinajstić information content (AvgIpc) is 2.75. The molecule has 1 aliphatic rings. The number of carbonyl (C=O) groups is 1. The Morgan fingerprint density at radius 1 is 1.42 bits per heavy atom. The number of aryl methyl sites for hydroxylation is 1. The van der Waals surface area contributed by atoms with Crippen LogP contribution >= 0.6 is 11.3 Å². The zero-order chi connectivity index (χ0) is 14.0. The van der Waals surface area contributed by atoms with Crippen molar-refractivity contribution in [3.05, 3.63) is 21.9 Å². The molecule has 1 saturated carbocycles. The van der Waals surface area contributed by atoms with Crippen LogP contribution in [0.15, 0.2) is 11.4 Å². The van der Waals surface area contributed by atoms with Crippen LogP contribution in [0.3, 0.4) is 0 Å². The van der Waals surface area contributed by atoms with Crippen molar-refractivity contribution >= 4 is 27.1 Å². The van der Waals surface area contributed by atoms with Gasteiger partial charge in [0.15, 0.2) is 0 Å². The van der Waals surface area contributed by atoms with Gasteiger partial charge in [-0.2, -0.15) is 0 Å². The summed E-state index contributed by atoms with van der Waals surface area (Å²) >= 11 is 1.42. The minimum absolute atomic E-state index is 0.0255. The summed E-state index contributed by atoms with van der Waals surface area (Å²) in [5.74, 6) is -0.0772. The van der Waals surface area contributed by atoms with E-state index < -0.39 is 9.84 Å². The van der Waals surface area contributed by atoms with E-state index in [0.29, 0.717) is 12.8 Å². The topological polar surface area (TPSA) is 63.2 Å². The monoisotopic (exact) mass is 301 g/mol. The van der Waals surface area contributed by atoms with Crippen molar-refractivity contribution < 1.29 is 13.2 Å². The number of thiophene rings is 1. The van der Waals surface area contributed by atoms with Crippen molar-refractivity contribution in [1.29, 1.82) is 0 Å². The molecule has 1 N–H and O–H groups in total. The first-order valence-electron chi connectivity index (χ1n) is 6.41. The van der Waals surface area contributed by atoms with Gasteiger partial charge in [-0.1, -0.05) is 6.42 Å². The maximum atomic E-state index is 12.1. The smallest absolute Gasteiger partial charge is 0.261 e. The Morgan fingerprint density at radius 3 is 2.74 bits per heavy atom. The van der Waals surface area contributed by atoms with Crippen molar-refractivity contribution in [2.24, 2.45) is 0 Å². The summed E-state index contributed by atoms with van der Waals surface area (Å²) in [6, 6.07) is 1.89. The Hall–Kier alpha value is -0.880. The van der Waals surface area contributed by atoms with Crippen LogP contribution in [0.5, 0.6) is 0 Å². The zero-order valence-electron chi connectivity index (χ0n) is 11.2. The fraction of sp³-hybridized carbons (Fsp3) is 0.615. The Labute approximate surface area is 118 Å². The van der Waals surface area contributed by atoms with E-state index in [-0.39, 0.29) is 17.2 Å². The molecule has 0 aliphatic heterocycles. The van der Waals surface area contributed by atoms with E-state index in [2.05, 4.69) is 5.32 Å². The molecule has 0 spiro atoms. The van der Waals surface area contributed by atoms with Crippen molar-refractivity contribution in [3.63, 3.8) is 0 Å². The molecule has 0 aromatic carbocycles. The zero-order valence-corrected chi connectivity index (χ0v) is 12.8.